The molecule has 0 spiro atoms. The van der Waals surface area contributed by atoms with Crippen molar-refractivity contribution in [2.45, 2.75) is 13.8 Å². The molecule has 2 rings (SSSR count). The van der Waals surface area contributed by atoms with Crippen molar-refractivity contribution in [1.29, 1.82) is 0 Å². The van der Waals surface area contributed by atoms with Gasteiger partial charge in [0.1, 0.15) is 0 Å². The molecular weight excluding hydrogens is 214 g/mol. The van der Waals surface area contributed by atoms with Crippen molar-refractivity contribution in [3.63, 3.8) is 0 Å². The Balaban J connectivity index is 2.07. The maximum atomic E-state index is 4.43. The van der Waals surface area contributed by atoms with Gasteiger partial charge in [0.05, 0.1) is 0 Å². The van der Waals surface area contributed by atoms with Crippen LogP contribution in [0.25, 0.3) is 5.65 Å². The zero-order valence-corrected chi connectivity index (χ0v) is 10.6. The minimum absolute atomic E-state index is 0.549. The number of nitrogens with zero attached hydrogens (tertiary/aromatic N) is 3. The first-order valence-electron chi connectivity index (χ1n) is 5.91. The van der Waals surface area contributed by atoms with E-state index in [9.17, 15) is 0 Å². The van der Waals surface area contributed by atoms with Crippen molar-refractivity contribution in [1.82, 2.24) is 19.9 Å². The Labute approximate surface area is 101 Å². The van der Waals surface area contributed by atoms with E-state index in [1.807, 2.05) is 36.7 Å². The zero-order valence-electron chi connectivity index (χ0n) is 10.6. The largest absolute Gasteiger partial charge is 0.353 e. The van der Waals surface area contributed by atoms with Crippen LogP contribution in [0.5, 0.6) is 0 Å². The molecular formula is C12H19N5. The summed E-state index contributed by atoms with van der Waals surface area (Å²) in [7, 11) is 1.96. The molecule has 0 aliphatic carbocycles. The number of nitrogens with one attached hydrogen (secondary N) is 2. The molecule has 0 fully saturated rings. The van der Waals surface area contributed by atoms with Crippen LogP contribution in [0.4, 0.5) is 5.95 Å². The predicted octanol–water partition coefficient (Wildman–Crippen LogP) is 1.31. The van der Waals surface area contributed by atoms with Crippen LogP contribution < -0.4 is 10.6 Å². The van der Waals surface area contributed by atoms with Gasteiger partial charge in [-0.15, -0.1) is 5.10 Å². The second kappa shape index (κ2) is 5.14. The smallest absolute Gasteiger partial charge is 0.243 e. The van der Waals surface area contributed by atoms with Crippen molar-refractivity contribution >= 4 is 11.6 Å². The van der Waals surface area contributed by atoms with E-state index < -0.39 is 0 Å². The first kappa shape index (κ1) is 11.9. The average molecular weight is 233 g/mol. The Kier molecular flexibility index (Phi) is 3.58. The molecule has 0 saturated carbocycles. The number of hydrogen-bond donors (Lipinski definition) is 2. The number of rotatable bonds is 5. The number of hydrogen-bond acceptors (Lipinski definition) is 4. The monoisotopic (exact) mass is 233 g/mol. The van der Waals surface area contributed by atoms with Gasteiger partial charge in [-0.1, -0.05) is 13.0 Å². The molecule has 0 aromatic carbocycles. The van der Waals surface area contributed by atoms with E-state index in [4.69, 9.17) is 0 Å². The van der Waals surface area contributed by atoms with Gasteiger partial charge in [0.25, 0.3) is 0 Å². The zero-order chi connectivity index (χ0) is 12.3. The maximum Gasteiger partial charge on any atom is 0.243 e. The summed E-state index contributed by atoms with van der Waals surface area (Å²) >= 11 is 0. The normalized spacial score (nSPS) is 12.9. The Morgan fingerprint density at radius 1 is 1.35 bits per heavy atom. The lowest BCUT2D eigenvalue weighted by molar-refractivity contribution is 0.568. The van der Waals surface area contributed by atoms with Gasteiger partial charge < -0.3 is 10.6 Å². The first-order valence-corrected chi connectivity index (χ1v) is 5.91. The quantitative estimate of drug-likeness (QED) is 0.817. The van der Waals surface area contributed by atoms with Crippen LogP contribution in [0.1, 0.15) is 12.6 Å². The Morgan fingerprint density at radius 3 is 2.88 bits per heavy atom. The van der Waals surface area contributed by atoms with E-state index in [0.29, 0.717) is 11.9 Å². The van der Waals surface area contributed by atoms with Crippen molar-refractivity contribution in [3.8, 4) is 0 Å². The van der Waals surface area contributed by atoms with Crippen LogP contribution in [0.3, 0.4) is 0 Å². The third-order valence-corrected chi connectivity index (χ3v) is 2.71. The molecule has 1 atom stereocenters. The first-order chi connectivity index (χ1) is 8.20. The fourth-order valence-corrected chi connectivity index (χ4v) is 1.80. The minimum Gasteiger partial charge on any atom is -0.353 e. The van der Waals surface area contributed by atoms with E-state index in [2.05, 4.69) is 27.6 Å². The van der Waals surface area contributed by atoms with Crippen LogP contribution in [0.15, 0.2) is 18.2 Å². The van der Waals surface area contributed by atoms with Crippen LogP contribution in [0.2, 0.25) is 0 Å². The molecule has 2 aromatic heterocycles. The Hall–Kier alpha value is -1.62. The van der Waals surface area contributed by atoms with Crippen LogP contribution in [0, 0.1) is 12.8 Å². The summed E-state index contributed by atoms with van der Waals surface area (Å²) in [5.41, 5.74) is 1.97. The van der Waals surface area contributed by atoms with Gasteiger partial charge >= 0.3 is 0 Å². The number of aryl methyl sites for hydroxylation is 1. The molecule has 0 bridgehead atoms. The van der Waals surface area contributed by atoms with E-state index in [1.165, 1.54) is 0 Å². The number of aromatic nitrogens is 3. The lowest BCUT2D eigenvalue weighted by atomic mass is 10.2. The standard InChI is InChI=1S/C12H19N5/c1-9(7-13-3)8-14-12-15-11-6-4-5-10(2)17(11)16-12/h4-6,9,13H,7-8H2,1-3H3,(H,14,16). The molecule has 5 heteroatoms. The summed E-state index contributed by atoms with van der Waals surface area (Å²) in [5.74, 6) is 1.25. The molecule has 0 aliphatic heterocycles. The summed E-state index contributed by atoms with van der Waals surface area (Å²) in [6, 6.07) is 5.98. The minimum atomic E-state index is 0.549. The molecule has 2 heterocycles. The van der Waals surface area contributed by atoms with E-state index >= 15 is 0 Å². The number of pyridine rings is 1. The highest BCUT2D eigenvalue weighted by Crippen LogP contribution is 2.08. The SMILES string of the molecule is CNCC(C)CNc1nc2cccc(C)n2n1. The van der Waals surface area contributed by atoms with Gasteiger partial charge in [-0.2, -0.15) is 4.98 Å². The molecule has 1 unspecified atom stereocenters. The molecule has 2 aromatic rings. The molecule has 5 nitrogen and oxygen atoms in total. The highest BCUT2D eigenvalue weighted by Gasteiger charge is 2.06. The fourth-order valence-electron chi connectivity index (χ4n) is 1.80. The van der Waals surface area contributed by atoms with Gasteiger partial charge in [-0.05, 0) is 38.6 Å². The highest BCUT2D eigenvalue weighted by atomic mass is 15.3. The Bertz CT molecular complexity index is 491. The molecule has 2 N–H and O–H groups in total. The molecule has 0 aliphatic rings. The van der Waals surface area contributed by atoms with Crippen molar-refractivity contribution < 1.29 is 0 Å². The summed E-state index contributed by atoms with van der Waals surface area (Å²) in [4.78, 5) is 4.43. The van der Waals surface area contributed by atoms with Crippen molar-refractivity contribution in [3.05, 3.63) is 23.9 Å². The third kappa shape index (κ3) is 2.74. The van der Waals surface area contributed by atoms with Crippen molar-refractivity contribution in [2.24, 2.45) is 5.92 Å². The molecule has 92 valence electrons. The van der Waals surface area contributed by atoms with Gasteiger partial charge in [0, 0.05) is 12.2 Å². The van der Waals surface area contributed by atoms with Gasteiger partial charge in [0.15, 0.2) is 5.65 Å². The topological polar surface area (TPSA) is 54.2 Å². The Morgan fingerprint density at radius 2 is 2.18 bits per heavy atom. The fraction of sp³-hybridized carbons (Fsp3) is 0.500. The van der Waals surface area contributed by atoms with Crippen LogP contribution >= 0.6 is 0 Å². The molecule has 0 amide bonds. The number of fused-ring (bicyclic) bond motifs is 1. The highest BCUT2D eigenvalue weighted by molar-refractivity contribution is 5.44. The summed E-state index contributed by atoms with van der Waals surface area (Å²) in [6.07, 6.45) is 0. The van der Waals surface area contributed by atoms with E-state index in [-0.39, 0.29) is 0 Å². The molecule has 17 heavy (non-hydrogen) atoms. The molecule has 0 radical (unpaired) electrons. The lowest BCUT2D eigenvalue weighted by Crippen LogP contribution is -2.23. The molecule has 0 saturated heterocycles. The average Bonchev–Trinajstić information content (AvgIpc) is 2.71. The summed E-state index contributed by atoms with van der Waals surface area (Å²) in [5, 5.41) is 10.8. The second-order valence-electron chi connectivity index (χ2n) is 4.42. The summed E-state index contributed by atoms with van der Waals surface area (Å²) in [6.45, 7) is 6.07. The van der Waals surface area contributed by atoms with Crippen molar-refractivity contribution in [2.75, 3.05) is 25.5 Å². The lowest BCUT2D eigenvalue weighted by Gasteiger charge is -2.09. The van der Waals surface area contributed by atoms with E-state index in [0.717, 1.165) is 24.4 Å². The van der Waals surface area contributed by atoms with Gasteiger partial charge in [0.2, 0.25) is 5.95 Å². The van der Waals surface area contributed by atoms with Gasteiger partial charge in [-0.25, -0.2) is 4.52 Å². The maximum absolute atomic E-state index is 4.43. The van der Waals surface area contributed by atoms with Crippen LogP contribution in [-0.4, -0.2) is 34.7 Å². The summed E-state index contributed by atoms with van der Waals surface area (Å²) < 4.78 is 1.85. The predicted molar refractivity (Wildman–Crippen MR) is 69.3 cm³/mol. The third-order valence-electron chi connectivity index (χ3n) is 2.71. The van der Waals surface area contributed by atoms with E-state index in [1.54, 1.807) is 0 Å². The van der Waals surface area contributed by atoms with Gasteiger partial charge in [-0.3, -0.25) is 0 Å². The second-order valence-corrected chi connectivity index (χ2v) is 4.42. The number of anilines is 1. The van der Waals surface area contributed by atoms with Crippen LogP contribution in [-0.2, 0) is 0 Å².